The molecule has 0 amide bonds. The maximum Gasteiger partial charge on any atom is 0.0359 e. The van der Waals surface area contributed by atoms with Gasteiger partial charge < -0.3 is 0 Å². The summed E-state index contributed by atoms with van der Waals surface area (Å²) in [5, 5.41) is 0. The van der Waals surface area contributed by atoms with Crippen LogP contribution in [0, 0.1) is 0 Å². The van der Waals surface area contributed by atoms with E-state index in [1.54, 1.807) is 0 Å². The number of benzene rings is 1. The van der Waals surface area contributed by atoms with Crippen molar-refractivity contribution in [3.05, 3.63) is 35.9 Å². The third-order valence-corrected chi connectivity index (χ3v) is 3.56. The predicted octanol–water partition coefficient (Wildman–Crippen LogP) is 4.74. The van der Waals surface area contributed by atoms with Crippen LogP contribution in [0.1, 0.15) is 42.1 Å². The van der Waals surface area contributed by atoms with Gasteiger partial charge in [0, 0.05) is 3.92 Å². The summed E-state index contributed by atoms with van der Waals surface area (Å²) in [4.78, 5) is 0. The van der Waals surface area contributed by atoms with E-state index in [1.807, 2.05) is 0 Å². The Morgan fingerprint density at radius 3 is 2.46 bits per heavy atom. The van der Waals surface area contributed by atoms with Crippen molar-refractivity contribution < 1.29 is 0 Å². The van der Waals surface area contributed by atoms with Crippen molar-refractivity contribution in [3.63, 3.8) is 0 Å². The van der Waals surface area contributed by atoms with Crippen LogP contribution in [0.2, 0.25) is 0 Å². The molecule has 0 heterocycles. The Bertz CT molecular complexity index is 218. The SMILES string of the molecule is CCCCCC(I)c1ccccc1. The van der Waals surface area contributed by atoms with Crippen molar-refractivity contribution in [3.8, 4) is 0 Å². The van der Waals surface area contributed by atoms with Gasteiger partial charge in [-0.25, -0.2) is 0 Å². The first-order chi connectivity index (χ1) is 6.34. The Morgan fingerprint density at radius 2 is 1.85 bits per heavy atom. The summed E-state index contributed by atoms with van der Waals surface area (Å²) in [6.45, 7) is 2.25. The molecule has 72 valence electrons. The van der Waals surface area contributed by atoms with Gasteiger partial charge in [-0.2, -0.15) is 0 Å². The largest absolute Gasteiger partial charge is 0.0774 e. The number of hydrogen-bond donors (Lipinski definition) is 0. The van der Waals surface area contributed by atoms with Crippen LogP contribution in [0.25, 0.3) is 0 Å². The van der Waals surface area contributed by atoms with Crippen molar-refractivity contribution in [1.82, 2.24) is 0 Å². The fraction of sp³-hybridized carbons (Fsp3) is 0.500. The topological polar surface area (TPSA) is 0 Å². The Labute approximate surface area is 94.9 Å². The minimum Gasteiger partial charge on any atom is -0.0774 e. The van der Waals surface area contributed by atoms with Crippen molar-refractivity contribution >= 4 is 22.6 Å². The van der Waals surface area contributed by atoms with E-state index in [-0.39, 0.29) is 0 Å². The molecule has 0 fully saturated rings. The summed E-state index contributed by atoms with van der Waals surface area (Å²) >= 11 is 2.55. The van der Waals surface area contributed by atoms with Gasteiger partial charge in [0.1, 0.15) is 0 Å². The van der Waals surface area contributed by atoms with Crippen LogP contribution in [0.3, 0.4) is 0 Å². The highest BCUT2D eigenvalue weighted by molar-refractivity contribution is 14.1. The molecule has 1 aromatic rings. The Balaban J connectivity index is 2.35. The average Bonchev–Trinajstić information content (AvgIpc) is 2.19. The molecule has 0 saturated heterocycles. The normalized spacial score (nSPS) is 12.8. The van der Waals surface area contributed by atoms with E-state index in [2.05, 4.69) is 59.8 Å². The molecule has 0 aliphatic heterocycles. The minimum atomic E-state index is 0.699. The van der Waals surface area contributed by atoms with Gasteiger partial charge in [-0.05, 0) is 12.0 Å². The van der Waals surface area contributed by atoms with Crippen LogP contribution < -0.4 is 0 Å². The second kappa shape index (κ2) is 6.41. The van der Waals surface area contributed by atoms with E-state index in [0.717, 1.165) is 0 Å². The molecule has 1 heteroatoms. The van der Waals surface area contributed by atoms with Crippen LogP contribution >= 0.6 is 22.6 Å². The van der Waals surface area contributed by atoms with E-state index in [4.69, 9.17) is 0 Å². The monoisotopic (exact) mass is 288 g/mol. The van der Waals surface area contributed by atoms with Gasteiger partial charge in [-0.1, -0.05) is 79.1 Å². The fourth-order valence-electron chi connectivity index (χ4n) is 1.40. The highest BCUT2D eigenvalue weighted by atomic mass is 127. The first kappa shape index (κ1) is 11.0. The molecule has 0 radical (unpaired) electrons. The van der Waals surface area contributed by atoms with Gasteiger partial charge in [0.05, 0.1) is 0 Å². The molecule has 0 bridgehead atoms. The molecule has 0 saturated carbocycles. The Morgan fingerprint density at radius 1 is 1.15 bits per heavy atom. The van der Waals surface area contributed by atoms with E-state index < -0.39 is 0 Å². The molecule has 1 unspecified atom stereocenters. The van der Waals surface area contributed by atoms with Crippen molar-refractivity contribution in [2.45, 2.75) is 36.5 Å². The Hall–Kier alpha value is -0.0500. The number of unbranched alkanes of at least 4 members (excludes halogenated alkanes) is 2. The van der Waals surface area contributed by atoms with Gasteiger partial charge in [-0.15, -0.1) is 0 Å². The molecule has 1 atom stereocenters. The third-order valence-electron chi connectivity index (χ3n) is 2.22. The van der Waals surface area contributed by atoms with Gasteiger partial charge in [0.2, 0.25) is 0 Å². The number of hydrogen-bond acceptors (Lipinski definition) is 0. The lowest BCUT2D eigenvalue weighted by Gasteiger charge is -2.08. The van der Waals surface area contributed by atoms with Crippen molar-refractivity contribution in [2.24, 2.45) is 0 Å². The maximum absolute atomic E-state index is 2.55. The fourth-order valence-corrected chi connectivity index (χ4v) is 2.26. The van der Waals surface area contributed by atoms with E-state index in [1.165, 1.54) is 31.2 Å². The number of rotatable bonds is 5. The third kappa shape index (κ3) is 4.12. The molecule has 0 aromatic heterocycles. The zero-order valence-electron chi connectivity index (χ0n) is 8.17. The zero-order valence-corrected chi connectivity index (χ0v) is 10.3. The summed E-state index contributed by atoms with van der Waals surface area (Å²) in [6, 6.07) is 10.8. The lowest BCUT2D eigenvalue weighted by atomic mass is 10.1. The highest BCUT2D eigenvalue weighted by Gasteiger charge is 2.04. The van der Waals surface area contributed by atoms with E-state index in [0.29, 0.717) is 3.92 Å². The van der Waals surface area contributed by atoms with Crippen molar-refractivity contribution in [1.29, 1.82) is 0 Å². The summed E-state index contributed by atoms with van der Waals surface area (Å²) in [6.07, 6.45) is 5.36. The van der Waals surface area contributed by atoms with Crippen LogP contribution in [-0.2, 0) is 0 Å². The van der Waals surface area contributed by atoms with Crippen LogP contribution in [0.15, 0.2) is 30.3 Å². The molecule has 0 aliphatic carbocycles. The lowest BCUT2D eigenvalue weighted by Crippen LogP contribution is -1.89. The Kier molecular flexibility index (Phi) is 5.44. The van der Waals surface area contributed by atoms with Gasteiger partial charge >= 0.3 is 0 Å². The van der Waals surface area contributed by atoms with Crippen LogP contribution in [0.5, 0.6) is 0 Å². The second-order valence-electron chi connectivity index (χ2n) is 3.37. The first-order valence-corrected chi connectivity index (χ1v) is 6.28. The first-order valence-electron chi connectivity index (χ1n) is 5.03. The minimum absolute atomic E-state index is 0.699. The molecule has 0 N–H and O–H groups in total. The van der Waals surface area contributed by atoms with Gasteiger partial charge in [0.25, 0.3) is 0 Å². The smallest absolute Gasteiger partial charge is 0.0359 e. The quantitative estimate of drug-likeness (QED) is 0.417. The molecule has 0 nitrogen and oxygen atoms in total. The molecular formula is C12H17I. The molecule has 0 aliphatic rings. The second-order valence-corrected chi connectivity index (χ2v) is 4.88. The molecule has 1 aromatic carbocycles. The standard InChI is InChI=1S/C12H17I/c1-2-3-5-10-12(13)11-8-6-4-7-9-11/h4,6-9,12H,2-3,5,10H2,1H3. The zero-order chi connectivity index (χ0) is 9.52. The highest BCUT2D eigenvalue weighted by Crippen LogP contribution is 2.28. The van der Waals surface area contributed by atoms with Crippen LogP contribution in [0.4, 0.5) is 0 Å². The van der Waals surface area contributed by atoms with Gasteiger partial charge in [0.15, 0.2) is 0 Å². The molecule has 13 heavy (non-hydrogen) atoms. The van der Waals surface area contributed by atoms with E-state index >= 15 is 0 Å². The number of alkyl halides is 1. The summed E-state index contributed by atoms with van der Waals surface area (Å²) < 4.78 is 0.699. The van der Waals surface area contributed by atoms with E-state index in [9.17, 15) is 0 Å². The summed E-state index contributed by atoms with van der Waals surface area (Å²) in [5.41, 5.74) is 1.47. The lowest BCUT2D eigenvalue weighted by molar-refractivity contribution is 0.669. The number of halogens is 1. The summed E-state index contributed by atoms with van der Waals surface area (Å²) in [7, 11) is 0. The maximum atomic E-state index is 2.55. The molecular weight excluding hydrogens is 271 g/mol. The van der Waals surface area contributed by atoms with Crippen LogP contribution in [-0.4, -0.2) is 0 Å². The molecule has 0 spiro atoms. The predicted molar refractivity (Wildman–Crippen MR) is 67.3 cm³/mol. The average molecular weight is 288 g/mol. The molecule has 1 rings (SSSR count). The summed E-state index contributed by atoms with van der Waals surface area (Å²) in [5.74, 6) is 0. The van der Waals surface area contributed by atoms with Crippen molar-refractivity contribution in [2.75, 3.05) is 0 Å². The van der Waals surface area contributed by atoms with Gasteiger partial charge in [-0.3, -0.25) is 0 Å².